The number of aromatic nitrogens is 4. The smallest absolute Gasteiger partial charge is 0.418 e. The van der Waals surface area contributed by atoms with E-state index in [0.29, 0.717) is 17.3 Å². The van der Waals surface area contributed by atoms with Crippen molar-refractivity contribution in [2.45, 2.75) is 6.18 Å². The number of anilines is 2. The lowest BCUT2D eigenvalue weighted by molar-refractivity contribution is -0.136. The Hall–Kier alpha value is -4.41. The van der Waals surface area contributed by atoms with Crippen LogP contribution in [-0.2, 0) is 6.18 Å². The van der Waals surface area contributed by atoms with E-state index in [4.69, 9.17) is 4.74 Å². The highest BCUT2D eigenvalue weighted by molar-refractivity contribution is 6.00. The summed E-state index contributed by atoms with van der Waals surface area (Å²) in [6.45, 7) is 0. The van der Waals surface area contributed by atoms with Gasteiger partial charge in [-0.1, -0.05) is 12.1 Å². The van der Waals surface area contributed by atoms with E-state index in [-0.39, 0.29) is 11.6 Å². The Bertz CT molecular complexity index is 1190. The Labute approximate surface area is 179 Å². The van der Waals surface area contributed by atoms with Crippen LogP contribution < -0.4 is 15.4 Å². The van der Waals surface area contributed by atoms with Gasteiger partial charge in [0.25, 0.3) is 0 Å². The molecule has 32 heavy (non-hydrogen) atoms. The number of hydrogen-bond acceptors (Lipinski definition) is 5. The maximum absolute atomic E-state index is 13.0. The molecule has 0 aliphatic carbocycles. The zero-order chi connectivity index (χ0) is 22.6. The highest BCUT2D eigenvalue weighted by Crippen LogP contribution is 2.34. The summed E-state index contributed by atoms with van der Waals surface area (Å²) in [5.74, 6) is 1.27. The molecule has 2 amide bonds. The number of imidazole rings is 1. The monoisotopic (exact) mass is 440 g/mol. The zero-order valence-electron chi connectivity index (χ0n) is 16.2. The number of carbonyl (C=O) groups is 1. The molecule has 11 heteroatoms. The third kappa shape index (κ3) is 5.01. The molecule has 0 saturated heterocycles. The number of benzene rings is 2. The van der Waals surface area contributed by atoms with Crippen molar-refractivity contribution in [2.75, 3.05) is 10.6 Å². The Balaban J connectivity index is 1.36. The van der Waals surface area contributed by atoms with Crippen LogP contribution in [0.25, 0.3) is 5.82 Å². The molecule has 2 N–H and O–H groups in total. The van der Waals surface area contributed by atoms with E-state index in [9.17, 15) is 18.0 Å². The summed E-state index contributed by atoms with van der Waals surface area (Å²) in [6.07, 6.45) is 0.363. The van der Waals surface area contributed by atoms with Gasteiger partial charge in [0.1, 0.15) is 12.1 Å². The minimum atomic E-state index is -4.58. The summed E-state index contributed by atoms with van der Waals surface area (Å²) in [5, 5.41) is 12.7. The first-order valence-corrected chi connectivity index (χ1v) is 9.23. The number of nitrogens with one attached hydrogen (secondary N) is 2. The highest BCUT2D eigenvalue weighted by atomic mass is 19.4. The van der Waals surface area contributed by atoms with Gasteiger partial charge in [0.15, 0.2) is 5.82 Å². The van der Waals surface area contributed by atoms with Crippen LogP contribution >= 0.6 is 0 Å². The number of ether oxygens (including phenoxy) is 1. The SMILES string of the molecule is O=C(Nc1ccc(Oc2ccc(-n3ccnc3)nn2)cc1)Nc1ccccc1C(F)(F)F. The average molecular weight is 440 g/mol. The van der Waals surface area contributed by atoms with Crippen LogP contribution in [0.2, 0.25) is 0 Å². The molecule has 0 aliphatic heterocycles. The van der Waals surface area contributed by atoms with Crippen LogP contribution in [-0.4, -0.2) is 25.8 Å². The van der Waals surface area contributed by atoms with Gasteiger partial charge in [-0.2, -0.15) is 13.2 Å². The highest BCUT2D eigenvalue weighted by Gasteiger charge is 2.33. The summed E-state index contributed by atoms with van der Waals surface area (Å²) in [6, 6.07) is 13.5. The second kappa shape index (κ2) is 8.76. The lowest BCUT2D eigenvalue weighted by atomic mass is 10.1. The van der Waals surface area contributed by atoms with Crippen molar-refractivity contribution in [2.24, 2.45) is 0 Å². The topological polar surface area (TPSA) is 94.0 Å². The first-order valence-electron chi connectivity index (χ1n) is 9.23. The fourth-order valence-electron chi connectivity index (χ4n) is 2.75. The summed E-state index contributed by atoms with van der Waals surface area (Å²) >= 11 is 0. The predicted molar refractivity (Wildman–Crippen MR) is 110 cm³/mol. The molecule has 0 unspecified atom stereocenters. The van der Waals surface area contributed by atoms with Crippen LogP contribution in [0, 0.1) is 0 Å². The first kappa shape index (κ1) is 20.8. The van der Waals surface area contributed by atoms with E-state index in [0.717, 1.165) is 6.07 Å². The first-order chi connectivity index (χ1) is 15.4. The van der Waals surface area contributed by atoms with Crippen molar-refractivity contribution in [3.05, 3.63) is 84.9 Å². The standard InChI is InChI=1S/C21H15F3N6O2/c22-21(23,24)16-3-1-2-4-17(16)27-20(31)26-14-5-7-15(8-6-14)32-19-10-9-18(28-29-19)30-12-11-25-13-30/h1-13H,(H2,26,27,31). The molecule has 0 radical (unpaired) electrons. The zero-order valence-corrected chi connectivity index (χ0v) is 16.2. The minimum Gasteiger partial charge on any atom is -0.438 e. The molecule has 0 spiro atoms. The Kier molecular flexibility index (Phi) is 5.71. The van der Waals surface area contributed by atoms with Gasteiger partial charge in [0, 0.05) is 24.1 Å². The number of para-hydroxylation sites is 1. The minimum absolute atomic E-state index is 0.260. The van der Waals surface area contributed by atoms with Crippen LogP contribution in [0.15, 0.2) is 79.4 Å². The molecular weight excluding hydrogens is 425 g/mol. The predicted octanol–water partition coefficient (Wildman–Crippen LogP) is 5.12. The number of hydrogen-bond donors (Lipinski definition) is 2. The number of nitrogens with zero attached hydrogens (tertiary/aromatic N) is 4. The average Bonchev–Trinajstić information content (AvgIpc) is 3.30. The number of alkyl halides is 3. The van der Waals surface area contributed by atoms with Crippen LogP contribution in [0.3, 0.4) is 0 Å². The number of urea groups is 1. The normalized spacial score (nSPS) is 11.1. The van der Waals surface area contributed by atoms with Gasteiger partial charge >= 0.3 is 12.2 Å². The molecule has 2 aromatic carbocycles. The van der Waals surface area contributed by atoms with E-state index in [1.54, 1.807) is 47.6 Å². The molecular formula is C21H15F3N6O2. The van der Waals surface area contributed by atoms with Crippen molar-refractivity contribution in [3.8, 4) is 17.4 Å². The molecule has 0 saturated carbocycles. The van der Waals surface area contributed by atoms with E-state index in [1.165, 1.54) is 30.3 Å². The van der Waals surface area contributed by atoms with Crippen LogP contribution in [0.4, 0.5) is 29.3 Å². The molecule has 4 aromatic rings. The summed E-state index contributed by atoms with van der Waals surface area (Å²) in [7, 11) is 0. The van der Waals surface area contributed by atoms with Crippen molar-refractivity contribution in [1.82, 2.24) is 19.7 Å². The van der Waals surface area contributed by atoms with E-state index in [2.05, 4.69) is 25.8 Å². The van der Waals surface area contributed by atoms with Gasteiger partial charge < -0.3 is 15.4 Å². The molecule has 8 nitrogen and oxygen atoms in total. The van der Waals surface area contributed by atoms with Crippen molar-refractivity contribution in [1.29, 1.82) is 0 Å². The van der Waals surface area contributed by atoms with Gasteiger partial charge in [0.2, 0.25) is 5.88 Å². The van der Waals surface area contributed by atoms with Crippen molar-refractivity contribution >= 4 is 17.4 Å². The van der Waals surface area contributed by atoms with Gasteiger partial charge in [-0.05, 0) is 42.5 Å². The maximum Gasteiger partial charge on any atom is 0.418 e. The van der Waals surface area contributed by atoms with E-state index >= 15 is 0 Å². The van der Waals surface area contributed by atoms with E-state index < -0.39 is 17.8 Å². The lowest BCUT2D eigenvalue weighted by Crippen LogP contribution is -2.21. The number of halogens is 3. The Morgan fingerprint density at radius 1 is 0.938 bits per heavy atom. The Morgan fingerprint density at radius 2 is 1.72 bits per heavy atom. The fourth-order valence-corrected chi connectivity index (χ4v) is 2.75. The molecule has 2 aromatic heterocycles. The molecule has 4 rings (SSSR count). The van der Waals surface area contributed by atoms with Crippen LogP contribution in [0.5, 0.6) is 11.6 Å². The fraction of sp³-hybridized carbons (Fsp3) is 0.0476. The summed E-state index contributed by atoms with van der Waals surface area (Å²) in [5.41, 5.74) is -0.907. The van der Waals surface area contributed by atoms with Gasteiger partial charge in [-0.15, -0.1) is 10.2 Å². The largest absolute Gasteiger partial charge is 0.438 e. The number of carbonyl (C=O) groups excluding carboxylic acids is 1. The van der Waals surface area contributed by atoms with Gasteiger partial charge in [-0.25, -0.2) is 9.78 Å². The third-order valence-electron chi connectivity index (χ3n) is 4.21. The van der Waals surface area contributed by atoms with Gasteiger partial charge in [0.05, 0.1) is 11.3 Å². The molecule has 0 atom stereocenters. The van der Waals surface area contributed by atoms with Crippen molar-refractivity contribution in [3.63, 3.8) is 0 Å². The molecule has 2 heterocycles. The maximum atomic E-state index is 13.0. The summed E-state index contributed by atoms with van der Waals surface area (Å²) in [4.78, 5) is 16.1. The summed E-state index contributed by atoms with van der Waals surface area (Å²) < 4.78 is 46.4. The Morgan fingerprint density at radius 3 is 2.38 bits per heavy atom. The second-order valence-corrected chi connectivity index (χ2v) is 6.45. The molecule has 0 aliphatic rings. The second-order valence-electron chi connectivity index (χ2n) is 6.45. The molecule has 0 fully saturated rings. The van der Waals surface area contributed by atoms with Crippen LogP contribution in [0.1, 0.15) is 5.56 Å². The quantitative estimate of drug-likeness (QED) is 0.449. The lowest BCUT2D eigenvalue weighted by Gasteiger charge is -2.14. The van der Waals surface area contributed by atoms with Crippen molar-refractivity contribution < 1.29 is 22.7 Å². The number of amides is 2. The number of rotatable bonds is 5. The van der Waals surface area contributed by atoms with E-state index in [1.807, 2.05) is 0 Å². The third-order valence-corrected chi connectivity index (χ3v) is 4.21. The van der Waals surface area contributed by atoms with Gasteiger partial charge in [-0.3, -0.25) is 4.57 Å². The molecule has 162 valence electrons. The molecule has 0 bridgehead atoms.